The molecule has 5 rings (SSSR count). The SMILES string of the molecule is CC(=O)N[C@@H]1[C@@H](O[C@@H]2O[C@H](CO)[C@@H](O[C@@H]3O[C@H](CO)[C@H](O)[C@H](OS(=O)(=O)O)[C@H]3O)[C@H](O[C@@H]3O[C@@H](C)[C@@H](O)[C@@H](O)[C@@H]3O)[C@H]2NC(C)=O)[C@@H](O)[C@@H](CO[C@]2(C(=O)O)C[C@H](O)[C@@H](NC(C)=O)[C@H]([C@H](O)[C@H](O)CO)O2)O[C@H]1O. The van der Waals surface area contributed by atoms with E-state index in [1.54, 1.807) is 0 Å². The number of carbonyl (C=O) groups excluding carboxylic acids is 3. The molecule has 5 heterocycles. The number of aliphatic hydroxyl groups excluding tert-OH is 13. The van der Waals surface area contributed by atoms with E-state index in [1.165, 1.54) is 6.92 Å². The van der Waals surface area contributed by atoms with E-state index in [2.05, 4.69) is 20.1 Å². The zero-order valence-electron chi connectivity index (χ0n) is 39.6. The second-order valence-electron chi connectivity index (χ2n) is 18.1. The Bertz CT molecular complexity index is 2010. The summed E-state index contributed by atoms with van der Waals surface area (Å²) >= 11 is 0. The Hall–Kier alpha value is -3.13. The number of carbonyl (C=O) groups is 4. The lowest BCUT2D eigenvalue weighted by Gasteiger charge is -2.52. The Morgan fingerprint density at radius 1 is 0.635 bits per heavy atom. The summed E-state index contributed by atoms with van der Waals surface area (Å²) < 4.78 is 89.5. The van der Waals surface area contributed by atoms with Gasteiger partial charge in [-0.2, -0.15) is 8.42 Å². The standard InChI is InChI=1S/C39H65N3O31S/c1-10-22(51)26(55)27(56)36(65-10)71-32-21(42-13(4)48)35(68-17(8-45)29(32)69-37-28(57)33(73-74(61,62)63)24(53)16(7-44)67-37)70-30-20(41-12(3)47)34(58)66-18(25(30)54)9-64-39(38(59)60)5-14(49)19(40-11(2)46)31(72-39)23(52)15(50)6-43/h10,14-37,43-45,49-58H,5-9H2,1-4H3,(H,40,46)(H,41,47)(H,42,48)(H,59,60)(H,61,62,63)/t10-,14-,15+,16+,17+,18+,19+,20+,21+,22+,23+,24-,25-,26+,27-,28+,29+,30+,31+,32+,33-,34+,35-,36-,37-,39+/m0/s1. The number of amides is 3. The zero-order chi connectivity index (χ0) is 55.5. The molecule has 5 aliphatic rings. The van der Waals surface area contributed by atoms with Crippen LogP contribution in [0.1, 0.15) is 34.1 Å². The lowest BCUT2D eigenvalue weighted by molar-refractivity contribution is -0.381. The molecular formula is C39H65N3O31S. The van der Waals surface area contributed by atoms with E-state index in [-0.39, 0.29) is 0 Å². The van der Waals surface area contributed by atoms with Crippen molar-refractivity contribution in [1.29, 1.82) is 0 Å². The minimum Gasteiger partial charge on any atom is -0.477 e. The molecule has 34 nitrogen and oxygen atoms in total. The van der Waals surface area contributed by atoms with Crippen LogP contribution >= 0.6 is 0 Å². The van der Waals surface area contributed by atoms with Crippen LogP contribution in [-0.4, -0.2) is 294 Å². The highest BCUT2D eigenvalue weighted by Crippen LogP contribution is 2.38. The van der Waals surface area contributed by atoms with Crippen LogP contribution in [0.5, 0.6) is 0 Å². The molecule has 26 atom stereocenters. The molecule has 5 aliphatic heterocycles. The van der Waals surface area contributed by atoms with Crippen molar-refractivity contribution in [3.8, 4) is 0 Å². The first kappa shape index (κ1) is 61.7. The molecule has 0 radical (unpaired) electrons. The van der Waals surface area contributed by atoms with Crippen LogP contribution in [0.3, 0.4) is 0 Å². The summed E-state index contributed by atoms with van der Waals surface area (Å²) in [5.41, 5.74) is 0. The minimum absolute atomic E-state index is 0.803. The van der Waals surface area contributed by atoms with E-state index in [1.807, 2.05) is 0 Å². The van der Waals surface area contributed by atoms with Crippen LogP contribution < -0.4 is 16.0 Å². The summed E-state index contributed by atoms with van der Waals surface area (Å²) in [5.74, 6) is -7.68. The predicted octanol–water partition coefficient (Wildman–Crippen LogP) is -11.4. The third-order valence-electron chi connectivity index (χ3n) is 12.7. The lowest BCUT2D eigenvalue weighted by Crippen LogP contribution is -2.72. The smallest absolute Gasteiger partial charge is 0.397 e. The van der Waals surface area contributed by atoms with Gasteiger partial charge < -0.3 is 130 Å². The number of aliphatic carboxylic acids is 1. The predicted molar refractivity (Wildman–Crippen MR) is 228 cm³/mol. The second-order valence-corrected chi connectivity index (χ2v) is 19.2. The zero-order valence-corrected chi connectivity index (χ0v) is 40.4. The Kier molecular flexibility index (Phi) is 21.3. The molecule has 74 heavy (non-hydrogen) atoms. The Labute approximate surface area is 419 Å². The van der Waals surface area contributed by atoms with Gasteiger partial charge in [-0.1, -0.05) is 0 Å². The van der Waals surface area contributed by atoms with Crippen LogP contribution in [0, 0.1) is 0 Å². The molecule has 0 bridgehead atoms. The minimum atomic E-state index is -5.46. The van der Waals surface area contributed by atoms with E-state index < -0.39 is 226 Å². The van der Waals surface area contributed by atoms with Gasteiger partial charge >= 0.3 is 16.4 Å². The van der Waals surface area contributed by atoms with E-state index in [0.29, 0.717) is 0 Å². The Morgan fingerprint density at radius 3 is 1.72 bits per heavy atom. The normalized spacial score (nSPS) is 43.9. The van der Waals surface area contributed by atoms with E-state index in [0.717, 1.165) is 20.8 Å². The van der Waals surface area contributed by atoms with Gasteiger partial charge in [0.2, 0.25) is 17.7 Å². The van der Waals surface area contributed by atoms with Gasteiger partial charge in [0.05, 0.1) is 44.7 Å². The third-order valence-corrected chi connectivity index (χ3v) is 13.1. The molecule has 0 aromatic heterocycles. The van der Waals surface area contributed by atoms with Crippen molar-refractivity contribution in [2.24, 2.45) is 0 Å². The highest BCUT2D eigenvalue weighted by atomic mass is 32.3. The molecule has 0 aromatic carbocycles. The maximum atomic E-state index is 13.0. The van der Waals surface area contributed by atoms with E-state index in [4.69, 9.17) is 42.6 Å². The molecule has 0 aliphatic carbocycles. The topological polar surface area (TPSA) is 534 Å². The van der Waals surface area contributed by atoms with Gasteiger partial charge in [-0.15, -0.1) is 0 Å². The fourth-order valence-corrected chi connectivity index (χ4v) is 9.51. The summed E-state index contributed by atoms with van der Waals surface area (Å²) in [6.07, 6.45) is -46.0. The van der Waals surface area contributed by atoms with Crippen LogP contribution in [0.25, 0.3) is 0 Å². The largest absolute Gasteiger partial charge is 0.477 e. The van der Waals surface area contributed by atoms with Crippen molar-refractivity contribution in [3.63, 3.8) is 0 Å². The van der Waals surface area contributed by atoms with Crippen molar-refractivity contribution in [1.82, 2.24) is 16.0 Å². The fourth-order valence-electron chi connectivity index (χ4n) is 9.01. The highest BCUT2D eigenvalue weighted by molar-refractivity contribution is 7.80. The quantitative estimate of drug-likeness (QED) is 0.0503. The molecule has 0 aromatic rings. The summed E-state index contributed by atoms with van der Waals surface area (Å²) in [7, 11) is -5.46. The first-order chi connectivity index (χ1) is 34.5. The summed E-state index contributed by atoms with van der Waals surface area (Å²) in [5, 5.41) is 157. The van der Waals surface area contributed by atoms with Crippen molar-refractivity contribution in [3.05, 3.63) is 0 Å². The van der Waals surface area contributed by atoms with Crippen molar-refractivity contribution in [2.75, 3.05) is 26.4 Å². The van der Waals surface area contributed by atoms with Gasteiger partial charge in [0.15, 0.2) is 25.2 Å². The Balaban J connectivity index is 1.54. The van der Waals surface area contributed by atoms with Gasteiger partial charge in [-0.05, 0) is 6.92 Å². The second kappa shape index (κ2) is 25.6. The van der Waals surface area contributed by atoms with Gasteiger partial charge in [0, 0.05) is 27.2 Å². The van der Waals surface area contributed by atoms with Crippen molar-refractivity contribution >= 4 is 34.1 Å². The molecule has 0 spiro atoms. The molecule has 0 saturated carbocycles. The van der Waals surface area contributed by atoms with Crippen LogP contribution in [0.2, 0.25) is 0 Å². The maximum Gasteiger partial charge on any atom is 0.397 e. The number of ether oxygens (including phenoxy) is 9. The maximum absolute atomic E-state index is 13.0. The number of carboxylic acid groups (broad SMARTS) is 1. The molecule has 18 N–H and O–H groups in total. The molecule has 428 valence electrons. The van der Waals surface area contributed by atoms with E-state index >= 15 is 0 Å². The van der Waals surface area contributed by atoms with Gasteiger partial charge in [-0.25, -0.2) is 8.98 Å². The van der Waals surface area contributed by atoms with Crippen LogP contribution in [-0.2, 0) is 76.4 Å². The summed E-state index contributed by atoms with van der Waals surface area (Å²) in [6.45, 7) is -0.422. The Morgan fingerprint density at radius 2 is 1.16 bits per heavy atom. The van der Waals surface area contributed by atoms with Gasteiger partial charge in [0.25, 0.3) is 5.79 Å². The average Bonchev–Trinajstić information content (AvgIpc) is 3.32. The number of rotatable bonds is 20. The number of aliphatic hydroxyl groups is 13. The molecule has 5 saturated heterocycles. The van der Waals surface area contributed by atoms with E-state index in [9.17, 15) is 104 Å². The molecular weight excluding hydrogens is 1040 g/mol. The molecule has 5 fully saturated rings. The van der Waals surface area contributed by atoms with Gasteiger partial charge in [-0.3, -0.25) is 18.9 Å². The van der Waals surface area contributed by atoms with Gasteiger partial charge in [0.1, 0.15) is 110 Å². The highest BCUT2D eigenvalue weighted by Gasteiger charge is 2.60. The van der Waals surface area contributed by atoms with Crippen LogP contribution in [0.15, 0.2) is 0 Å². The third kappa shape index (κ3) is 14.1. The lowest BCUT2D eigenvalue weighted by atomic mass is 9.88. The van der Waals surface area contributed by atoms with Crippen molar-refractivity contribution in [2.45, 2.75) is 193 Å². The van der Waals surface area contributed by atoms with Crippen molar-refractivity contribution < 1.29 is 150 Å². The average molecular weight is 1100 g/mol. The first-order valence-corrected chi connectivity index (χ1v) is 24.1. The fraction of sp³-hybridized carbons (Fsp3) is 0.897. The number of nitrogens with one attached hydrogen (secondary N) is 3. The molecule has 0 unspecified atom stereocenters. The summed E-state index contributed by atoms with van der Waals surface area (Å²) in [4.78, 5) is 50.5. The number of hydrogen-bond donors (Lipinski definition) is 18. The molecule has 35 heteroatoms. The molecule has 3 amide bonds. The number of carboxylic acids is 1. The first-order valence-electron chi connectivity index (χ1n) is 22.7. The monoisotopic (exact) mass is 1100 g/mol. The number of hydrogen-bond acceptors (Lipinski definition) is 29. The van der Waals surface area contributed by atoms with Crippen LogP contribution in [0.4, 0.5) is 0 Å². The summed E-state index contributed by atoms with van der Waals surface area (Å²) in [6, 6.07) is -5.41.